The Morgan fingerprint density at radius 3 is 2.76 bits per heavy atom. The Hall–Kier alpha value is -1.24. The molecule has 0 saturated heterocycles. The summed E-state index contributed by atoms with van der Waals surface area (Å²) in [6, 6.07) is 7.26. The molecule has 0 N–H and O–H groups in total. The zero-order chi connectivity index (χ0) is 15.5. The largest absolute Gasteiger partial charge is 0.492 e. The van der Waals surface area contributed by atoms with Crippen molar-refractivity contribution in [1.29, 1.82) is 0 Å². The van der Waals surface area contributed by atoms with Gasteiger partial charge in [0.1, 0.15) is 18.9 Å². The summed E-state index contributed by atoms with van der Waals surface area (Å²) >= 11 is 3.08. The molecule has 7 heteroatoms. The molecule has 2 rings (SSSR count). The molecule has 0 radical (unpaired) electrons. The van der Waals surface area contributed by atoms with Crippen LogP contribution in [0.15, 0.2) is 24.3 Å². The van der Waals surface area contributed by atoms with Gasteiger partial charge in [0.05, 0.1) is 5.92 Å². The quantitative estimate of drug-likeness (QED) is 0.767. The first-order valence-corrected chi connectivity index (χ1v) is 7.65. The second kappa shape index (κ2) is 6.68. The highest BCUT2D eigenvalue weighted by Crippen LogP contribution is 2.28. The van der Waals surface area contributed by atoms with E-state index in [1.54, 1.807) is 6.07 Å². The smallest absolute Gasteiger partial charge is 0.406 e. The first-order chi connectivity index (χ1) is 9.90. The normalized spacial score (nSPS) is 17.8. The molecule has 1 amide bonds. The number of hydrogen-bond donors (Lipinski definition) is 0. The van der Waals surface area contributed by atoms with Crippen molar-refractivity contribution in [3.8, 4) is 5.75 Å². The van der Waals surface area contributed by atoms with Gasteiger partial charge in [0.2, 0.25) is 5.91 Å². The Bertz CT molecular complexity index is 507. The Labute approximate surface area is 129 Å². The number of nitrogens with zero attached hydrogens (tertiary/aromatic N) is 1. The monoisotopic (exact) mass is 365 g/mol. The topological polar surface area (TPSA) is 29.5 Å². The molecule has 116 valence electrons. The van der Waals surface area contributed by atoms with Crippen LogP contribution < -0.4 is 4.74 Å². The van der Waals surface area contributed by atoms with Crippen molar-refractivity contribution in [2.75, 3.05) is 25.0 Å². The highest BCUT2D eigenvalue weighted by molar-refractivity contribution is 9.09. The molecule has 0 saturated carbocycles. The molecule has 1 aromatic carbocycles. The molecule has 0 bridgehead atoms. The molecule has 0 fully saturated rings. The van der Waals surface area contributed by atoms with Crippen LogP contribution in [-0.4, -0.2) is 42.0 Å². The third kappa shape index (κ3) is 4.36. The maximum absolute atomic E-state index is 12.6. The van der Waals surface area contributed by atoms with Gasteiger partial charge >= 0.3 is 6.18 Å². The molecule has 1 atom stereocenters. The van der Waals surface area contributed by atoms with Gasteiger partial charge in [-0.25, -0.2) is 0 Å². The summed E-state index contributed by atoms with van der Waals surface area (Å²) in [5.41, 5.74) is 0.855. The number of carbonyl (C=O) groups excluding carboxylic acids is 1. The maximum Gasteiger partial charge on any atom is 0.406 e. The van der Waals surface area contributed by atoms with Crippen molar-refractivity contribution in [2.24, 2.45) is 5.92 Å². The highest BCUT2D eigenvalue weighted by Gasteiger charge is 2.36. The van der Waals surface area contributed by atoms with Crippen LogP contribution in [0.3, 0.4) is 0 Å². The van der Waals surface area contributed by atoms with Crippen LogP contribution in [0.5, 0.6) is 5.75 Å². The number of alkyl halides is 4. The molecule has 0 aliphatic carbocycles. The number of carbonyl (C=O) groups is 1. The lowest BCUT2D eigenvalue weighted by atomic mass is 9.95. The lowest BCUT2D eigenvalue weighted by Crippen LogP contribution is -2.45. The average Bonchev–Trinajstić information content (AvgIpc) is 2.44. The minimum atomic E-state index is -4.40. The third-order valence-electron chi connectivity index (χ3n) is 3.26. The molecule has 1 heterocycles. The van der Waals surface area contributed by atoms with Crippen LogP contribution in [0.2, 0.25) is 0 Å². The van der Waals surface area contributed by atoms with E-state index in [1.165, 1.54) is 0 Å². The Morgan fingerprint density at radius 2 is 2.10 bits per heavy atom. The Balaban J connectivity index is 2.08. The SMILES string of the molecule is O=C(C1COc2ccccc2C1)N(CCBr)CC(F)(F)F. The molecule has 1 aliphatic rings. The van der Waals surface area contributed by atoms with Crippen molar-refractivity contribution >= 4 is 21.8 Å². The number of halogens is 4. The zero-order valence-electron chi connectivity index (χ0n) is 11.2. The van der Waals surface area contributed by atoms with E-state index in [1.807, 2.05) is 18.2 Å². The van der Waals surface area contributed by atoms with Gasteiger partial charge in [0.25, 0.3) is 0 Å². The fraction of sp³-hybridized carbons (Fsp3) is 0.500. The lowest BCUT2D eigenvalue weighted by Gasteiger charge is -2.30. The summed E-state index contributed by atoms with van der Waals surface area (Å²) in [5, 5.41) is 0.305. The molecule has 0 aromatic heterocycles. The summed E-state index contributed by atoms with van der Waals surface area (Å²) < 4.78 is 43.1. The van der Waals surface area contributed by atoms with Crippen molar-refractivity contribution in [3.05, 3.63) is 29.8 Å². The molecule has 21 heavy (non-hydrogen) atoms. The lowest BCUT2D eigenvalue weighted by molar-refractivity contribution is -0.164. The van der Waals surface area contributed by atoms with Gasteiger partial charge in [-0.2, -0.15) is 13.2 Å². The molecular formula is C14H15BrF3NO2. The van der Waals surface area contributed by atoms with Crippen LogP contribution in [0.4, 0.5) is 13.2 Å². The average molecular weight is 366 g/mol. The fourth-order valence-electron chi connectivity index (χ4n) is 2.33. The number of ether oxygens (including phenoxy) is 1. The van der Waals surface area contributed by atoms with E-state index in [0.717, 1.165) is 10.5 Å². The summed E-state index contributed by atoms with van der Waals surface area (Å²) in [6.07, 6.45) is -3.99. The first kappa shape index (κ1) is 16.1. The number of benzene rings is 1. The van der Waals surface area contributed by atoms with Crippen LogP contribution in [0.25, 0.3) is 0 Å². The van der Waals surface area contributed by atoms with E-state index in [2.05, 4.69) is 15.9 Å². The van der Waals surface area contributed by atoms with Gasteiger partial charge in [-0.1, -0.05) is 34.1 Å². The number of fused-ring (bicyclic) bond motifs is 1. The highest BCUT2D eigenvalue weighted by atomic mass is 79.9. The van der Waals surface area contributed by atoms with Crippen LogP contribution in [-0.2, 0) is 11.2 Å². The molecule has 1 aromatic rings. The van der Waals surface area contributed by atoms with Gasteiger partial charge in [0, 0.05) is 11.9 Å². The number of hydrogen-bond acceptors (Lipinski definition) is 2. The molecular weight excluding hydrogens is 351 g/mol. The number of rotatable bonds is 4. The van der Waals surface area contributed by atoms with Gasteiger partial charge in [0.15, 0.2) is 0 Å². The van der Waals surface area contributed by atoms with Crippen LogP contribution in [0, 0.1) is 5.92 Å². The van der Waals surface area contributed by atoms with Gasteiger partial charge in [-0.3, -0.25) is 4.79 Å². The van der Waals surface area contributed by atoms with Gasteiger partial charge < -0.3 is 9.64 Å². The van der Waals surface area contributed by atoms with Crippen molar-refractivity contribution in [3.63, 3.8) is 0 Å². The van der Waals surface area contributed by atoms with E-state index in [9.17, 15) is 18.0 Å². The van der Waals surface area contributed by atoms with Crippen molar-refractivity contribution < 1.29 is 22.7 Å². The molecule has 3 nitrogen and oxygen atoms in total. The van der Waals surface area contributed by atoms with Crippen molar-refractivity contribution in [1.82, 2.24) is 4.90 Å². The standard InChI is InChI=1S/C14H15BrF3NO2/c15-5-6-19(9-14(16,17)18)13(20)11-7-10-3-1-2-4-12(10)21-8-11/h1-4,11H,5-9H2. The minimum absolute atomic E-state index is 0.0243. The number of amides is 1. The van der Waals surface area contributed by atoms with Crippen molar-refractivity contribution in [2.45, 2.75) is 12.6 Å². The second-order valence-electron chi connectivity index (χ2n) is 4.88. The summed E-state index contributed by atoms with van der Waals surface area (Å²) in [5.74, 6) is -0.382. The van der Waals surface area contributed by atoms with E-state index in [-0.39, 0.29) is 13.2 Å². The third-order valence-corrected chi connectivity index (χ3v) is 3.62. The van der Waals surface area contributed by atoms with Gasteiger partial charge in [-0.15, -0.1) is 0 Å². The number of para-hydroxylation sites is 1. The predicted octanol–water partition coefficient (Wildman–Crippen LogP) is 3.02. The van der Waals surface area contributed by atoms with Crippen LogP contribution >= 0.6 is 15.9 Å². The fourth-order valence-corrected chi connectivity index (χ4v) is 2.76. The van der Waals surface area contributed by atoms with E-state index in [0.29, 0.717) is 17.5 Å². The minimum Gasteiger partial charge on any atom is -0.492 e. The summed E-state index contributed by atoms with van der Waals surface area (Å²) in [7, 11) is 0. The van der Waals surface area contributed by atoms with Gasteiger partial charge in [-0.05, 0) is 18.1 Å². The Kier molecular flexibility index (Phi) is 5.13. The molecule has 1 aliphatic heterocycles. The second-order valence-corrected chi connectivity index (χ2v) is 5.68. The van der Waals surface area contributed by atoms with Crippen LogP contribution in [0.1, 0.15) is 5.56 Å². The van der Waals surface area contributed by atoms with E-state index < -0.39 is 24.5 Å². The maximum atomic E-state index is 12.6. The molecule has 1 unspecified atom stereocenters. The summed E-state index contributed by atoms with van der Waals surface area (Å²) in [6.45, 7) is -1.08. The predicted molar refractivity (Wildman–Crippen MR) is 75.6 cm³/mol. The summed E-state index contributed by atoms with van der Waals surface area (Å²) in [4.78, 5) is 13.1. The zero-order valence-corrected chi connectivity index (χ0v) is 12.8. The first-order valence-electron chi connectivity index (χ1n) is 6.53. The molecule has 0 spiro atoms. The van der Waals surface area contributed by atoms with E-state index in [4.69, 9.17) is 4.74 Å². The van der Waals surface area contributed by atoms with E-state index >= 15 is 0 Å². The Morgan fingerprint density at radius 1 is 1.38 bits per heavy atom.